The maximum atomic E-state index is 12.9. The molecule has 1 N–H and O–H groups in total. The lowest BCUT2D eigenvalue weighted by atomic mass is 9.90. The Morgan fingerprint density at radius 1 is 1.13 bits per heavy atom. The molecule has 0 bridgehead atoms. The number of benzene rings is 1. The lowest BCUT2D eigenvalue weighted by Gasteiger charge is -2.16. The molecule has 0 unspecified atom stereocenters. The van der Waals surface area contributed by atoms with Gasteiger partial charge in [0.25, 0.3) is 11.8 Å². The molecule has 1 atom stereocenters. The number of fused-ring (bicyclic) bond motifs is 1. The normalized spacial score (nSPS) is 16.4. The average molecular weight is 402 g/mol. The van der Waals surface area contributed by atoms with Crippen LogP contribution in [0.15, 0.2) is 42.5 Å². The number of carbonyl (C=O) groups excluding carboxylic acids is 3. The van der Waals surface area contributed by atoms with Gasteiger partial charge in [0.15, 0.2) is 5.82 Å². The van der Waals surface area contributed by atoms with Crippen LogP contribution in [0.25, 0.3) is 5.57 Å². The number of anilines is 1. The molecular weight excluding hydrogens is 380 g/mol. The largest absolute Gasteiger partial charge is 0.309 e. The fourth-order valence-corrected chi connectivity index (χ4v) is 3.74. The number of aromatic nitrogens is 2. The van der Waals surface area contributed by atoms with Crippen molar-refractivity contribution in [3.8, 4) is 0 Å². The van der Waals surface area contributed by atoms with Gasteiger partial charge in [-0.05, 0) is 61.6 Å². The second kappa shape index (κ2) is 7.67. The van der Waals surface area contributed by atoms with Gasteiger partial charge in [-0.25, -0.2) is 0 Å². The number of nitrogens with zero attached hydrogens (tertiary/aromatic N) is 3. The minimum atomic E-state index is -0.646. The van der Waals surface area contributed by atoms with E-state index in [1.54, 1.807) is 25.1 Å². The van der Waals surface area contributed by atoms with Gasteiger partial charge in [0, 0.05) is 7.05 Å². The monoisotopic (exact) mass is 402 g/mol. The highest BCUT2D eigenvalue weighted by molar-refractivity contribution is 6.22. The highest BCUT2D eigenvalue weighted by atomic mass is 16.2. The van der Waals surface area contributed by atoms with Crippen LogP contribution in [0.5, 0.6) is 0 Å². The Labute approximate surface area is 174 Å². The summed E-state index contributed by atoms with van der Waals surface area (Å²) in [7, 11) is 1.45. The zero-order valence-electron chi connectivity index (χ0n) is 17.1. The molecule has 152 valence electrons. The first-order valence-electron chi connectivity index (χ1n) is 9.85. The van der Waals surface area contributed by atoms with Gasteiger partial charge < -0.3 is 5.32 Å². The van der Waals surface area contributed by atoms with Crippen LogP contribution in [0, 0.1) is 6.92 Å². The molecule has 1 aromatic heterocycles. The molecule has 0 spiro atoms. The number of amides is 3. The molecule has 0 radical (unpaired) electrons. The average Bonchev–Trinajstić information content (AvgIpc) is 2.97. The summed E-state index contributed by atoms with van der Waals surface area (Å²) in [6.45, 7) is 3.54. The van der Waals surface area contributed by atoms with Gasteiger partial charge in [-0.3, -0.25) is 19.3 Å². The van der Waals surface area contributed by atoms with E-state index in [1.165, 1.54) is 7.05 Å². The van der Waals surface area contributed by atoms with Gasteiger partial charge in [-0.15, -0.1) is 10.2 Å². The highest BCUT2D eigenvalue weighted by Gasteiger charge is 2.37. The number of nitrogens with one attached hydrogen (secondary N) is 1. The van der Waals surface area contributed by atoms with Crippen molar-refractivity contribution < 1.29 is 14.4 Å². The summed E-state index contributed by atoms with van der Waals surface area (Å²) in [4.78, 5) is 38.8. The zero-order valence-corrected chi connectivity index (χ0v) is 17.1. The van der Waals surface area contributed by atoms with Crippen molar-refractivity contribution in [2.45, 2.75) is 32.6 Å². The Hall–Kier alpha value is -3.61. The van der Waals surface area contributed by atoms with Crippen LogP contribution in [0.2, 0.25) is 0 Å². The SMILES string of the molecule is Cc1cc2c(c([C@@H](C)C(=O)Nc3ccc(C4=CCCC=C4)nn3)c1)C(=O)N(C)C2=O. The van der Waals surface area contributed by atoms with E-state index in [9.17, 15) is 14.4 Å². The maximum absolute atomic E-state index is 12.9. The van der Waals surface area contributed by atoms with E-state index >= 15 is 0 Å². The fourth-order valence-electron chi connectivity index (χ4n) is 3.74. The minimum Gasteiger partial charge on any atom is -0.309 e. The predicted molar refractivity (Wildman–Crippen MR) is 113 cm³/mol. The summed E-state index contributed by atoms with van der Waals surface area (Å²) in [5, 5.41) is 11.1. The smallest absolute Gasteiger partial charge is 0.261 e. The van der Waals surface area contributed by atoms with Gasteiger partial charge in [-0.2, -0.15) is 0 Å². The molecule has 1 aliphatic heterocycles. The van der Waals surface area contributed by atoms with Crippen LogP contribution < -0.4 is 5.32 Å². The molecule has 2 aromatic rings. The number of rotatable bonds is 4. The summed E-state index contributed by atoms with van der Waals surface area (Å²) in [5.74, 6) is -1.37. The van der Waals surface area contributed by atoms with Crippen LogP contribution in [-0.2, 0) is 4.79 Å². The maximum Gasteiger partial charge on any atom is 0.261 e. The van der Waals surface area contributed by atoms with E-state index in [0.717, 1.165) is 34.6 Å². The number of hydrogen-bond acceptors (Lipinski definition) is 5. The van der Waals surface area contributed by atoms with Crippen molar-refractivity contribution in [2.24, 2.45) is 0 Å². The first-order chi connectivity index (χ1) is 14.4. The Kier molecular flexibility index (Phi) is 5.03. The van der Waals surface area contributed by atoms with Gasteiger partial charge in [-0.1, -0.05) is 24.3 Å². The molecule has 0 saturated carbocycles. The Morgan fingerprint density at radius 3 is 2.60 bits per heavy atom. The molecule has 0 saturated heterocycles. The van der Waals surface area contributed by atoms with Crippen molar-refractivity contribution in [3.63, 3.8) is 0 Å². The van der Waals surface area contributed by atoms with Crippen molar-refractivity contribution >= 4 is 29.1 Å². The second-order valence-electron chi connectivity index (χ2n) is 7.60. The quantitative estimate of drug-likeness (QED) is 0.791. The third kappa shape index (κ3) is 3.43. The van der Waals surface area contributed by atoms with E-state index in [1.807, 2.05) is 19.1 Å². The van der Waals surface area contributed by atoms with Crippen molar-refractivity contribution in [1.29, 1.82) is 0 Å². The molecular formula is C23H22N4O3. The van der Waals surface area contributed by atoms with Gasteiger partial charge in [0.05, 0.1) is 22.7 Å². The number of hydrogen-bond donors (Lipinski definition) is 1. The van der Waals surface area contributed by atoms with Crippen LogP contribution >= 0.6 is 0 Å². The van der Waals surface area contributed by atoms with Gasteiger partial charge in [0.1, 0.15) is 0 Å². The topological polar surface area (TPSA) is 92.3 Å². The summed E-state index contributed by atoms with van der Waals surface area (Å²) in [5.41, 5.74) is 3.76. The Balaban J connectivity index is 1.56. The molecule has 30 heavy (non-hydrogen) atoms. The van der Waals surface area contributed by atoms with Crippen LogP contribution in [0.3, 0.4) is 0 Å². The molecule has 3 amide bonds. The summed E-state index contributed by atoms with van der Waals surface area (Å²) in [6.07, 6.45) is 8.22. The summed E-state index contributed by atoms with van der Waals surface area (Å²) in [6, 6.07) is 6.99. The van der Waals surface area contributed by atoms with E-state index in [-0.39, 0.29) is 17.7 Å². The van der Waals surface area contributed by atoms with Crippen molar-refractivity contribution in [2.75, 3.05) is 12.4 Å². The van der Waals surface area contributed by atoms with E-state index in [0.29, 0.717) is 22.5 Å². The second-order valence-corrected chi connectivity index (χ2v) is 7.60. The molecule has 0 fully saturated rings. The summed E-state index contributed by atoms with van der Waals surface area (Å²) < 4.78 is 0. The lowest BCUT2D eigenvalue weighted by molar-refractivity contribution is -0.117. The number of imide groups is 1. The van der Waals surface area contributed by atoms with E-state index in [2.05, 4.69) is 27.7 Å². The van der Waals surface area contributed by atoms with Crippen LogP contribution in [-0.4, -0.2) is 39.9 Å². The molecule has 4 rings (SSSR count). The van der Waals surface area contributed by atoms with Gasteiger partial charge in [0.2, 0.25) is 5.91 Å². The molecule has 1 aliphatic carbocycles. The van der Waals surface area contributed by atoms with Crippen LogP contribution in [0.4, 0.5) is 5.82 Å². The number of aryl methyl sites for hydroxylation is 1. The first kappa shape index (κ1) is 19.7. The van der Waals surface area contributed by atoms with Gasteiger partial charge >= 0.3 is 0 Å². The summed E-state index contributed by atoms with van der Waals surface area (Å²) >= 11 is 0. The third-order valence-corrected chi connectivity index (χ3v) is 5.43. The zero-order chi connectivity index (χ0) is 21.4. The molecule has 7 nitrogen and oxygen atoms in total. The molecule has 7 heteroatoms. The standard InChI is InChI=1S/C23H22N4O3/c1-13-11-16(20-17(12-13)22(29)27(3)23(20)30)14(2)21(28)24-19-10-9-18(25-26-19)15-7-5-4-6-8-15/h5,7-12,14H,4,6H2,1-3H3,(H,24,26,28)/t14-/m1/s1. The fraction of sp³-hybridized carbons (Fsp3) is 0.261. The van der Waals surface area contributed by atoms with Crippen molar-refractivity contribution in [1.82, 2.24) is 15.1 Å². The van der Waals surface area contributed by atoms with E-state index in [4.69, 9.17) is 0 Å². The highest BCUT2D eigenvalue weighted by Crippen LogP contribution is 2.32. The van der Waals surface area contributed by atoms with E-state index < -0.39 is 5.92 Å². The Bertz CT molecular complexity index is 1120. The minimum absolute atomic E-state index is 0.299. The Morgan fingerprint density at radius 2 is 1.93 bits per heavy atom. The molecule has 1 aromatic carbocycles. The van der Waals surface area contributed by atoms with Crippen molar-refractivity contribution in [3.05, 3.63) is 70.4 Å². The number of carbonyl (C=O) groups is 3. The lowest BCUT2D eigenvalue weighted by Crippen LogP contribution is -2.25. The first-order valence-corrected chi connectivity index (χ1v) is 9.85. The van der Waals surface area contributed by atoms with Crippen LogP contribution in [0.1, 0.15) is 63.2 Å². The predicted octanol–water partition coefficient (Wildman–Crippen LogP) is 3.49. The number of allylic oxidation sites excluding steroid dienone is 4. The third-order valence-electron chi connectivity index (χ3n) is 5.43. The molecule has 2 heterocycles. The molecule has 2 aliphatic rings.